The van der Waals surface area contributed by atoms with Crippen LogP contribution in [0.15, 0.2) is 24.3 Å². The second-order valence-electron chi connectivity index (χ2n) is 10.5. The van der Waals surface area contributed by atoms with Crippen LogP contribution in [0.4, 0.5) is 0 Å². The minimum absolute atomic E-state index is 0.0501. The highest BCUT2D eigenvalue weighted by molar-refractivity contribution is 5.76. The molecule has 0 aliphatic carbocycles. The van der Waals surface area contributed by atoms with Gasteiger partial charge in [0.05, 0.1) is 18.8 Å². The van der Waals surface area contributed by atoms with Crippen LogP contribution in [0.25, 0.3) is 0 Å². The molecule has 0 heterocycles. The Morgan fingerprint density at radius 3 is 1.72 bits per heavy atom. The largest absolute Gasteiger partial charge is 0.394 e. The lowest BCUT2D eigenvalue weighted by atomic mass is 10.0. The number of rotatable bonds is 27. The second kappa shape index (κ2) is 28.4. The smallest absolute Gasteiger partial charge is 0.220 e. The fourth-order valence-corrected chi connectivity index (χ4v) is 4.50. The van der Waals surface area contributed by atoms with Crippen molar-refractivity contribution < 1.29 is 15.0 Å². The fourth-order valence-electron chi connectivity index (χ4n) is 4.50. The maximum absolute atomic E-state index is 12.2. The maximum atomic E-state index is 12.2. The first-order valence-corrected chi connectivity index (χ1v) is 15.5. The number of hydrogen-bond acceptors (Lipinski definition) is 3. The summed E-state index contributed by atoms with van der Waals surface area (Å²) in [6.07, 6.45) is 33.6. The van der Waals surface area contributed by atoms with E-state index < -0.39 is 12.1 Å². The van der Waals surface area contributed by atoms with E-state index in [1.807, 2.05) is 0 Å². The lowest BCUT2D eigenvalue weighted by molar-refractivity contribution is -0.123. The Hall–Kier alpha value is -1.13. The fraction of sp³-hybridized carbons (Fsp3) is 0.844. The number of carbonyl (C=O) groups is 1. The molecule has 2 atom stereocenters. The monoisotopic (exact) mass is 507 g/mol. The molecular formula is C32H61NO3. The van der Waals surface area contributed by atoms with Gasteiger partial charge in [0.2, 0.25) is 5.91 Å². The number of carbonyl (C=O) groups excluding carboxylic acids is 1. The third kappa shape index (κ3) is 24.6. The van der Waals surface area contributed by atoms with E-state index in [0.717, 1.165) is 44.9 Å². The van der Waals surface area contributed by atoms with Gasteiger partial charge in [-0.15, -0.1) is 0 Å². The molecular weight excluding hydrogens is 446 g/mol. The SMILES string of the molecule is CCCCC/C=C/C/C=C/CCCCCCCC(=O)N[C@@H](CO)[C@H](O)CCCCCCCCCCC. The van der Waals surface area contributed by atoms with Gasteiger partial charge < -0.3 is 15.5 Å². The third-order valence-electron chi connectivity index (χ3n) is 6.97. The highest BCUT2D eigenvalue weighted by atomic mass is 16.3. The van der Waals surface area contributed by atoms with Crippen LogP contribution in [0, 0.1) is 0 Å². The van der Waals surface area contributed by atoms with Gasteiger partial charge in [-0.25, -0.2) is 0 Å². The number of amides is 1. The van der Waals surface area contributed by atoms with Crippen LogP contribution in [-0.4, -0.2) is 34.9 Å². The molecule has 0 aromatic carbocycles. The minimum atomic E-state index is -0.659. The molecule has 212 valence electrons. The number of aliphatic hydroxyl groups is 2. The molecule has 36 heavy (non-hydrogen) atoms. The molecule has 0 fully saturated rings. The van der Waals surface area contributed by atoms with Crippen molar-refractivity contribution in [3.05, 3.63) is 24.3 Å². The molecule has 0 rings (SSSR count). The van der Waals surface area contributed by atoms with Crippen molar-refractivity contribution >= 4 is 5.91 Å². The van der Waals surface area contributed by atoms with Gasteiger partial charge in [-0.05, 0) is 44.9 Å². The van der Waals surface area contributed by atoms with E-state index in [4.69, 9.17) is 0 Å². The average Bonchev–Trinajstić information content (AvgIpc) is 2.88. The highest BCUT2D eigenvalue weighted by Gasteiger charge is 2.19. The summed E-state index contributed by atoms with van der Waals surface area (Å²) in [5, 5.41) is 22.8. The number of aliphatic hydroxyl groups excluding tert-OH is 2. The quantitative estimate of drug-likeness (QED) is 0.0770. The first-order valence-electron chi connectivity index (χ1n) is 15.5. The van der Waals surface area contributed by atoms with Crippen molar-refractivity contribution in [1.29, 1.82) is 0 Å². The summed E-state index contributed by atoms with van der Waals surface area (Å²) < 4.78 is 0. The summed E-state index contributed by atoms with van der Waals surface area (Å²) in [5.41, 5.74) is 0. The summed E-state index contributed by atoms with van der Waals surface area (Å²) >= 11 is 0. The van der Waals surface area contributed by atoms with E-state index in [-0.39, 0.29) is 12.5 Å². The Labute approximate surface area is 224 Å². The first kappa shape index (κ1) is 34.9. The molecule has 3 N–H and O–H groups in total. The zero-order valence-electron chi connectivity index (χ0n) is 24.0. The second-order valence-corrected chi connectivity index (χ2v) is 10.5. The number of nitrogens with one attached hydrogen (secondary N) is 1. The predicted molar refractivity (Wildman–Crippen MR) is 156 cm³/mol. The maximum Gasteiger partial charge on any atom is 0.220 e. The molecule has 0 aliphatic heterocycles. The van der Waals surface area contributed by atoms with E-state index in [1.54, 1.807) is 0 Å². The molecule has 0 unspecified atom stereocenters. The summed E-state index contributed by atoms with van der Waals surface area (Å²) in [5.74, 6) is -0.0501. The van der Waals surface area contributed by atoms with Crippen molar-refractivity contribution in [3.63, 3.8) is 0 Å². The Morgan fingerprint density at radius 1 is 0.667 bits per heavy atom. The summed E-state index contributed by atoms with van der Waals surface area (Å²) in [4.78, 5) is 12.2. The summed E-state index contributed by atoms with van der Waals surface area (Å²) in [7, 11) is 0. The number of allylic oxidation sites excluding steroid dienone is 4. The number of hydrogen-bond donors (Lipinski definition) is 3. The van der Waals surface area contributed by atoms with Crippen LogP contribution in [0.5, 0.6) is 0 Å². The first-order chi connectivity index (χ1) is 17.7. The molecule has 0 bridgehead atoms. The van der Waals surface area contributed by atoms with Gasteiger partial charge in [0.15, 0.2) is 0 Å². The van der Waals surface area contributed by atoms with E-state index in [0.29, 0.717) is 12.8 Å². The molecule has 4 nitrogen and oxygen atoms in total. The molecule has 0 aromatic heterocycles. The Morgan fingerprint density at radius 2 is 1.14 bits per heavy atom. The van der Waals surface area contributed by atoms with E-state index >= 15 is 0 Å². The van der Waals surface area contributed by atoms with Gasteiger partial charge in [0.1, 0.15) is 0 Å². The van der Waals surface area contributed by atoms with Crippen molar-refractivity contribution in [1.82, 2.24) is 5.32 Å². The van der Waals surface area contributed by atoms with E-state index in [2.05, 4.69) is 43.5 Å². The normalized spacial score (nSPS) is 13.6. The predicted octanol–water partition coefficient (Wildman–Crippen LogP) is 8.56. The van der Waals surface area contributed by atoms with Crippen LogP contribution in [0.3, 0.4) is 0 Å². The molecule has 4 heteroatoms. The topological polar surface area (TPSA) is 69.6 Å². The minimum Gasteiger partial charge on any atom is -0.394 e. The van der Waals surface area contributed by atoms with Gasteiger partial charge in [-0.1, -0.05) is 128 Å². The lowest BCUT2D eigenvalue weighted by Crippen LogP contribution is -2.45. The third-order valence-corrected chi connectivity index (χ3v) is 6.97. The van der Waals surface area contributed by atoms with Crippen molar-refractivity contribution in [2.24, 2.45) is 0 Å². The molecule has 0 aromatic rings. The Kier molecular flexibility index (Phi) is 27.5. The Bertz CT molecular complexity index is 518. The van der Waals surface area contributed by atoms with Crippen molar-refractivity contribution in [2.45, 2.75) is 167 Å². The van der Waals surface area contributed by atoms with E-state index in [9.17, 15) is 15.0 Å². The van der Waals surface area contributed by atoms with Crippen LogP contribution in [-0.2, 0) is 4.79 Å². The van der Waals surface area contributed by atoms with Crippen LogP contribution in [0.2, 0.25) is 0 Å². The molecule has 0 spiro atoms. The lowest BCUT2D eigenvalue weighted by Gasteiger charge is -2.22. The number of unbranched alkanes of at least 4 members (excludes halogenated alkanes) is 16. The Balaban J connectivity index is 3.64. The molecule has 0 aliphatic rings. The van der Waals surface area contributed by atoms with Gasteiger partial charge in [-0.2, -0.15) is 0 Å². The standard InChI is InChI=1S/C32H61NO3/c1-3-5-7-9-11-13-14-15-16-17-18-20-22-24-26-28-32(36)33-30(29-34)31(35)27-25-23-21-19-12-10-8-6-4-2/h11,13,15-16,30-31,34-35H,3-10,12,14,17-29H2,1-2H3,(H,33,36)/b13-11+,16-15+/t30-,31+/m0/s1. The summed E-state index contributed by atoms with van der Waals surface area (Å²) in [6.45, 7) is 4.28. The zero-order chi connectivity index (χ0) is 26.5. The van der Waals surface area contributed by atoms with Gasteiger partial charge in [-0.3, -0.25) is 4.79 Å². The summed E-state index contributed by atoms with van der Waals surface area (Å²) in [6, 6.07) is -0.537. The molecule has 0 radical (unpaired) electrons. The zero-order valence-corrected chi connectivity index (χ0v) is 24.0. The molecule has 0 saturated carbocycles. The molecule has 0 saturated heterocycles. The van der Waals surface area contributed by atoms with Gasteiger partial charge in [0.25, 0.3) is 0 Å². The molecule has 1 amide bonds. The van der Waals surface area contributed by atoms with Crippen molar-refractivity contribution in [2.75, 3.05) is 6.61 Å². The van der Waals surface area contributed by atoms with E-state index in [1.165, 1.54) is 83.5 Å². The van der Waals surface area contributed by atoms with Crippen LogP contribution < -0.4 is 5.32 Å². The average molecular weight is 508 g/mol. The van der Waals surface area contributed by atoms with Gasteiger partial charge >= 0.3 is 0 Å². The van der Waals surface area contributed by atoms with Crippen LogP contribution in [0.1, 0.15) is 155 Å². The van der Waals surface area contributed by atoms with Gasteiger partial charge in [0, 0.05) is 6.42 Å². The van der Waals surface area contributed by atoms with Crippen molar-refractivity contribution in [3.8, 4) is 0 Å². The highest BCUT2D eigenvalue weighted by Crippen LogP contribution is 2.13. The van der Waals surface area contributed by atoms with Crippen LogP contribution >= 0.6 is 0 Å².